The Morgan fingerprint density at radius 1 is 1.15 bits per heavy atom. The zero-order chi connectivity index (χ0) is 19.0. The number of rotatable bonds is 5. The minimum atomic E-state index is -1.69. The van der Waals surface area contributed by atoms with E-state index in [-0.39, 0.29) is 12.1 Å². The van der Waals surface area contributed by atoms with Gasteiger partial charge in [0.25, 0.3) is 0 Å². The maximum Gasteiger partial charge on any atom is 0.177 e. The third kappa shape index (κ3) is 2.97. The van der Waals surface area contributed by atoms with Gasteiger partial charge in [0, 0.05) is 30.2 Å². The van der Waals surface area contributed by atoms with Crippen LogP contribution in [-0.2, 0) is 12.1 Å². The highest BCUT2D eigenvalue weighted by molar-refractivity contribution is 5.70. The molecule has 0 amide bonds. The number of nitrogens with zero attached hydrogens (tertiary/aromatic N) is 5. The molecule has 0 aliphatic rings. The van der Waals surface area contributed by atoms with Crippen LogP contribution in [0.2, 0.25) is 0 Å². The molecule has 0 aliphatic heterocycles. The molecule has 8 heteroatoms. The zero-order valence-corrected chi connectivity index (χ0v) is 14.5. The molecule has 27 heavy (non-hydrogen) atoms. The van der Waals surface area contributed by atoms with Gasteiger partial charge in [0.1, 0.15) is 17.2 Å². The topological polar surface area (TPSA) is 68.8 Å². The number of fused-ring (bicyclic) bond motifs is 1. The molecule has 0 fully saturated rings. The maximum absolute atomic E-state index is 14.6. The van der Waals surface area contributed by atoms with Crippen molar-refractivity contribution in [3.8, 4) is 0 Å². The van der Waals surface area contributed by atoms with Crippen molar-refractivity contribution in [2.45, 2.75) is 25.1 Å². The summed E-state index contributed by atoms with van der Waals surface area (Å²) in [7, 11) is 0. The van der Waals surface area contributed by atoms with Crippen LogP contribution < -0.4 is 0 Å². The average molecular weight is 369 g/mol. The number of aliphatic hydroxyl groups is 1. The minimum absolute atomic E-state index is 0.00385. The van der Waals surface area contributed by atoms with Gasteiger partial charge in [-0.25, -0.2) is 23.7 Å². The summed E-state index contributed by atoms with van der Waals surface area (Å²) in [5.41, 5.74) is -0.469. The summed E-state index contributed by atoms with van der Waals surface area (Å²) in [4.78, 5) is 12.4. The summed E-state index contributed by atoms with van der Waals surface area (Å²) < 4.78 is 31.5. The van der Waals surface area contributed by atoms with Crippen molar-refractivity contribution in [3.05, 3.63) is 78.8 Å². The first-order valence-corrected chi connectivity index (χ1v) is 8.40. The van der Waals surface area contributed by atoms with Crippen LogP contribution in [0.5, 0.6) is 0 Å². The maximum atomic E-state index is 14.6. The van der Waals surface area contributed by atoms with Crippen molar-refractivity contribution in [2.24, 2.45) is 0 Å². The Morgan fingerprint density at radius 2 is 2.00 bits per heavy atom. The lowest BCUT2D eigenvalue weighted by Crippen LogP contribution is -2.40. The van der Waals surface area contributed by atoms with Crippen LogP contribution in [0, 0.1) is 11.6 Å². The van der Waals surface area contributed by atoms with Crippen molar-refractivity contribution < 1.29 is 13.9 Å². The van der Waals surface area contributed by atoms with Crippen molar-refractivity contribution >= 4 is 11.2 Å². The van der Waals surface area contributed by atoms with Crippen LogP contribution in [0.25, 0.3) is 11.2 Å². The first-order chi connectivity index (χ1) is 13.0. The lowest BCUT2D eigenvalue weighted by molar-refractivity contribution is -0.0291. The van der Waals surface area contributed by atoms with E-state index in [2.05, 4.69) is 15.0 Å². The molecule has 4 aromatic rings. The predicted molar refractivity (Wildman–Crippen MR) is 94.7 cm³/mol. The second-order valence-corrected chi connectivity index (χ2v) is 6.46. The normalized spacial score (nSPS) is 15.0. The quantitative estimate of drug-likeness (QED) is 0.587. The highest BCUT2D eigenvalue weighted by atomic mass is 19.1. The van der Waals surface area contributed by atoms with E-state index in [4.69, 9.17) is 0 Å². The fourth-order valence-electron chi connectivity index (χ4n) is 3.35. The summed E-state index contributed by atoms with van der Waals surface area (Å²) in [6, 6.07) is 6.14. The summed E-state index contributed by atoms with van der Waals surface area (Å²) >= 11 is 0. The van der Waals surface area contributed by atoms with Crippen LogP contribution >= 0.6 is 0 Å². The van der Waals surface area contributed by atoms with Crippen molar-refractivity contribution in [2.75, 3.05) is 0 Å². The lowest BCUT2D eigenvalue weighted by atomic mass is 9.86. The van der Waals surface area contributed by atoms with Crippen molar-refractivity contribution in [1.82, 2.24) is 24.1 Å². The van der Waals surface area contributed by atoms with E-state index in [1.165, 1.54) is 12.4 Å². The Kier molecular flexibility index (Phi) is 4.19. The van der Waals surface area contributed by atoms with Gasteiger partial charge >= 0.3 is 0 Å². The molecular weight excluding hydrogens is 352 g/mol. The van der Waals surface area contributed by atoms with E-state index >= 15 is 0 Å². The van der Waals surface area contributed by atoms with Crippen LogP contribution in [0.1, 0.15) is 18.5 Å². The second kappa shape index (κ2) is 6.55. The number of imidazole rings is 2. The van der Waals surface area contributed by atoms with Gasteiger partial charge in [-0.3, -0.25) is 0 Å². The number of benzene rings is 1. The highest BCUT2D eigenvalue weighted by Gasteiger charge is 2.40. The van der Waals surface area contributed by atoms with Crippen LogP contribution in [0.3, 0.4) is 0 Å². The summed E-state index contributed by atoms with van der Waals surface area (Å²) in [6.07, 6.45) is 7.96. The number of aromatic nitrogens is 5. The number of pyridine rings is 1. The molecule has 0 spiro atoms. The predicted octanol–water partition coefficient (Wildman–Crippen LogP) is 3.06. The zero-order valence-electron chi connectivity index (χ0n) is 14.5. The van der Waals surface area contributed by atoms with Gasteiger partial charge in [0.15, 0.2) is 5.65 Å². The summed E-state index contributed by atoms with van der Waals surface area (Å²) in [5, 5.41) is 11.6. The molecule has 1 N–H and O–H groups in total. The largest absolute Gasteiger partial charge is 0.381 e. The highest BCUT2D eigenvalue weighted by Crippen LogP contribution is 2.38. The Labute approximate surface area is 153 Å². The Morgan fingerprint density at radius 3 is 2.74 bits per heavy atom. The molecule has 6 nitrogen and oxygen atoms in total. The van der Waals surface area contributed by atoms with Gasteiger partial charge in [0.05, 0.1) is 30.8 Å². The van der Waals surface area contributed by atoms with Gasteiger partial charge < -0.3 is 14.2 Å². The van der Waals surface area contributed by atoms with E-state index in [0.29, 0.717) is 11.2 Å². The molecule has 0 saturated carbocycles. The van der Waals surface area contributed by atoms with Crippen LogP contribution in [0.15, 0.2) is 61.6 Å². The molecule has 0 radical (unpaired) electrons. The second-order valence-electron chi connectivity index (χ2n) is 6.46. The smallest absolute Gasteiger partial charge is 0.177 e. The molecule has 3 heterocycles. The molecule has 1 aromatic carbocycles. The van der Waals surface area contributed by atoms with Gasteiger partial charge in [-0.1, -0.05) is 6.07 Å². The Bertz CT molecular complexity index is 1080. The average Bonchev–Trinajstić information content (AvgIpc) is 3.30. The standard InChI is InChI=1S/C19H17F2N5O/c1-13(26-12-24-18-17(26)3-2-6-23-18)19(27,10-25-8-7-22-11-25)15-5-4-14(20)9-16(15)21/h2-9,11-13,27H,10H2,1H3/t13-,19-/m1/s1. The van der Waals surface area contributed by atoms with E-state index in [1.54, 1.807) is 47.0 Å². The monoisotopic (exact) mass is 369 g/mol. The summed E-state index contributed by atoms with van der Waals surface area (Å²) in [6.45, 7) is 1.78. The SMILES string of the molecule is C[C@@H](n1cnc2ncccc21)[C@](O)(Cn1ccnc1)c1ccc(F)cc1F. The molecule has 0 bridgehead atoms. The Balaban J connectivity index is 1.86. The number of hydrogen-bond acceptors (Lipinski definition) is 4. The Hall–Kier alpha value is -3.13. The molecule has 0 unspecified atom stereocenters. The third-order valence-electron chi connectivity index (χ3n) is 4.84. The molecule has 0 aliphatic carbocycles. The van der Waals surface area contributed by atoms with Crippen LogP contribution in [0.4, 0.5) is 8.78 Å². The van der Waals surface area contributed by atoms with Gasteiger partial charge in [0.2, 0.25) is 0 Å². The van der Waals surface area contributed by atoms with Gasteiger partial charge in [-0.05, 0) is 25.1 Å². The number of hydrogen-bond donors (Lipinski definition) is 1. The van der Waals surface area contributed by atoms with Crippen molar-refractivity contribution in [3.63, 3.8) is 0 Å². The van der Waals surface area contributed by atoms with Crippen molar-refractivity contribution in [1.29, 1.82) is 0 Å². The van der Waals surface area contributed by atoms with E-state index in [9.17, 15) is 13.9 Å². The molecular formula is C19H17F2N5O. The first kappa shape index (κ1) is 17.3. The van der Waals surface area contributed by atoms with E-state index in [0.717, 1.165) is 12.1 Å². The molecule has 0 saturated heterocycles. The minimum Gasteiger partial charge on any atom is -0.381 e. The fourth-order valence-corrected chi connectivity index (χ4v) is 3.35. The van der Waals surface area contributed by atoms with Crippen LogP contribution in [-0.4, -0.2) is 29.2 Å². The van der Waals surface area contributed by atoms with Gasteiger partial charge in [-0.2, -0.15) is 0 Å². The third-order valence-corrected chi connectivity index (χ3v) is 4.84. The number of halogens is 2. The summed E-state index contributed by atoms with van der Waals surface area (Å²) in [5.74, 6) is -1.52. The molecule has 3 aromatic heterocycles. The molecule has 2 atom stereocenters. The van der Waals surface area contributed by atoms with E-state index < -0.39 is 23.3 Å². The van der Waals surface area contributed by atoms with Gasteiger partial charge in [-0.15, -0.1) is 0 Å². The molecule has 4 rings (SSSR count). The fraction of sp³-hybridized carbons (Fsp3) is 0.211. The van der Waals surface area contributed by atoms with E-state index in [1.807, 2.05) is 6.07 Å². The molecule has 138 valence electrons. The lowest BCUT2D eigenvalue weighted by Gasteiger charge is -2.36. The first-order valence-electron chi connectivity index (χ1n) is 8.40.